The molecule has 1 saturated carbocycles. The van der Waals surface area contributed by atoms with E-state index in [9.17, 15) is 0 Å². The Labute approximate surface area is 168 Å². The smallest absolute Gasteiger partial charge is 0.258 e. The van der Waals surface area contributed by atoms with Gasteiger partial charge in [0.1, 0.15) is 11.7 Å². The lowest BCUT2D eigenvalue weighted by atomic mass is 9.87. The molecule has 2 atom stereocenters. The van der Waals surface area contributed by atoms with Gasteiger partial charge in [-0.25, -0.2) is 5.48 Å². The number of aliphatic imine (C=N–C) groups is 1. The standard InChI is InChI=1S/C21H36N6O/c1-4-16-13-27(11-10-19(16)25-17-8-6-5-7-9-17)20(23)18(12-14(2)22)21-24-15(3)26-28-21/h12,16-17,19,23,25H,4-11,13,22H2,1-3H3,(H,24,26)/b14-12-,21-18+,23-20?. The molecule has 0 aromatic rings. The molecule has 0 spiro atoms. The topological polar surface area (TPSA) is 98.8 Å². The first-order chi connectivity index (χ1) is 13.5. The third-order valence-corrected chi connectivity index (χ3v) is 6.05. The lowest BCUT2D eigenvalue weighted by Crippen LogP contribution is -2.53. The van der Waals surface area contributed by atoms with Crippen molar-refractivity contribution in [2.75, 3.05) is 13.1 Å². The predicted octanol–water partition coefficient (Wildman–Crippen LogP) is 3.01. The summed E-state index contributed by atoms with van der Waals surface area (Å²) in [6, 6.07) is 1.22. The minimum atomic E-state index is 0.419. The quantitative estimate of drug-likeness (QED) is 0.429. The molecule has 2 aliphatic heterocycles. The zero-order chi connectivity index (χ0) is 20.1. The van der Waals surface area contributed by atoms with E-state index in [1.807, 2.05) is 13.8 Å². The number of rotatable bonds is 5. The molecule has 1 saturated heterocycles. The summed E-state index contributed by atoms with van der Waals surface area (Å²) in [6.45, 7) is 7.66. The molecule has 0 aromatic carbocycles. The number of piperidine rings is 1. The molecule has 1 aliphatic carbocycles. The first-order valence-corrected chi connectivity index (χ1v) is 10.7. The van der Waals surface area contributed by atoms with Gasteiger partial charge in [-0.3, -0.25) is 5.41 Å². The van der Waals surface area contributed by atoms with E-state index in [1.54, 1.807) is 6.08 Å². The van der Waals surface area contributed by atoms with Crippen molar-refractivity contribution in [3.8, 4) is 0 Å². The molecule has 28 heavy (non-hydrogen) atoms. The summed E-state index contributed by atoms with van der Waals surface area (Å²) in [5.74, 6) is 2.08. The summed E-state index contributed by atoms with van der Waals surface area (Å²) in [5.41, 5.74) is 9.94. The Bertz CT molecular complexity index is 658. The number of allylic oxidation sites excluding steroid dienone is 1. The SMILES string of the molecule is CCC1CN(C(=N)C(/C=C(/C)N)=C2\N=C(C)NO2)CCC1NC1CCCCC1. The van der Waals surface area contributed by atoms with Crippen molar-refractivity contribution >= 4 is 11.7 Å². The van der Waals surface area contributed by atoms with Gasteiger partial charge in [0.2, 0.25) is 0 Å². The van der Waals surface area contributed by atoms with Crippen LogP contribution in [0.15, 0.2) is 28.2 Å². The molecule has 0 bridgehead atoms. The fourth-order valence-corrected chi connectivity index (χ4v) is 4.51. The molecule has 3 aliphatic rings. The van der Waals surface area contributed by atoms with Gasteiger partial charge in [-0.05, 0) is 45.1 Å². The predicted molar refractivity (Wildman–Crippen MR) is 114 cm³/mol. The Hall–Kier alpha value is -2.02. The number of nitrogens with zero attached hydrogens (tertiary/aromatic N) is 2. The van der Waals surface area contributed by atoms with Gasteiger partial charge in [0.05, 0.1) is 5.57 Å². The van der Waals surface area contributed by atoms with Crippen molar-refractivity contribution in [2.45, 2.75) is 77.8 Å². The van der Waals surface area contributed by atoms with E-state index in [0.29, 0.717) is 46.8 Å². The third kappa shape index (κ3) is 5.07. The number of hydrogen-bond donors (Lipinski definition) is 4. The van der Waals surface area contributed by atoms with Crippen LogP contribution in [-0.2, 0) is 4.84 Å². The van der Waals surface area contributed by atoms with Crippen LogP contribution >= 0.6 is 0 Å². The van der Waals surface area contributed by atoms with Gasteiger partial charge in [-0.15, -0.1) is 0 Å². The van der Waals surface area contributed by atoms with Crippen molar-refractivity contribution in [3.05, 3.63) is 23.2 Å². The van der Waals surface area contributed by atoms with Crippen LogP contribution in [0.1, 0.15) is 65.7 Å². The zero-order valence-corrected chi connectivity index (χ0v) is 17.6. The molecule has 2 fully saturated rings. The Balaban J connectivity index is 1.69. The Kier molecular flexibility index (Phi) is 6.99. The van der Waals surface area contributed by atoms with Crippen molar-refractivity contribution in [2.24, 2.45) is 16.6 Å². The summed E-state index contributed by atoms with van der Waals surface area (Å²) >= 11 is 0. The van der Waals surface area contributed by atoms with Crippen LogP contribution in [0.2, 0.25) is 0 Å². The fourth-order valence-electron chi connectivity index (χ4n) is 4.51. The first kappa shape index (κ1) is 20.7. The molecule has 156 valence electrons. The molecule has 0 radical (unpaired) electrons. The van der Waals surface area contributed by atoms with Gasteiger partial charge in [-0.1, -0.05) is 32.6 Å². The molecule has 2 unspecified atom stereocenters. The maximum atomic E-state index is 8.82. The summed E-state index contributed by atoms with van der Waals surface area (Å²) in [6.07, 6.45) is 10.7. The average molecular weight is 389 g/mol. The van der Waals surface area contributed by atoms with E-state index in [0.717, 1.165) is 25.9 Å². The van der Waals surface area contributed by atoms with Crippen molar-refractivity contribution in [3.63, 3.8) is 0 Å². The van der Waals surface area contributed by atoms with Gasteiger partial charge in [0.25, 0.3) is 5.88 Å². The molecule has 7 nitrogen and oxygen atoms in total. The molecular weight excluding hydrogens is 352 g/mol. The van der Waals surface area contributed by atoms with E-state index >= 15 is 0 Å². The van der Waals surface area contributed by atoms with Crippen LogP contribution in [0, 0.1) is 11.3 Å². The molecule has 3 rings (SSSR count). The van der Waals surface area contributed by atoms with E-state index in [2.05, 4.69) is 27.6 Å². The molecule has 5 N–H and O–H groups in total. The number of hydrogen-bond acceptors (Lipinski definition) is 6. The van der Waals surface area contributed by atoms with Crippen LogP contribution in [0.5, 0.6) is 0 Å². The van der Waals surface area contributed by atoms with E-state index in [-0.39, 0.29) is 0 Å². The van der Waals surface area contributed by atoms with E-state index in [4.69, 9.17) is 16.0 Å². The highest BCUT2D eigenvalue weighted by atomic mass is 16.7. The fraction of sp³-hybridized carbons (Fsp3) is 0.714. The zero-order valence-electron chi connectivity index (χ0n) is 17.6. The highest BCUT2D eigenvalue weighted by Crippen LogP contribution is 2.26. The largest absolute Gasteiger partial charge is 0.402 e. The Morgan fingerprint density at radius 2 is 2.11 bits per heavy atom. The van der Waals surface area contributed by atoms with Gasteiger partial charge in [0.15, 0.2) is 0 Å². The first-order valence-electron chi connectivity index (χ1n) is 10.7. The van der Waals surface area contributed by atoms with Gasteiger partial charge < -0.3 is 20.8 Å². The summed E-state index contributed by atoms with van der Waals surface area (Å²) in [5, 5.41) is 12.8. The monoisotopic (exact) mass is 388 g/mol. The average Bonchev–Trinajstić information content (AvgIpc) is 3.12. The molecule has 0 aromatic heterocycles. The van der Waals surface area contributed by atoms with Crippen molar-refractivity contribution < 1.29 is 4.84 Å². The normalized spacial score (nSPS) is 28.5. The molecular formula is C21H36N6O. The molecule has 0 amide bonds. The van der Waals surface area contributed by atoms with Gasteiger partial charge in [-0.2, -0.15) is 4.99 Å². The second-order valence-corrected chi connectivity index (χ2v) is 8.37. The van der Waals surface area contributed by atoms with Crippen LogP contribution in [-0.4, -0.2) is 41.7 Å². The minimum absolute atomic E-state index is 0.419. The van der Waals surface area contributed by atoms with Crippen molar-refractivity contribution in [1.29, 1.82) is 5.41 Å². The highest BCUT2D eigenvalue weighted by molar-refractivity contribution is 5.99. The molecule has 7 heteroatoms. The maximum absolute atomic E-state index is 8.82. The van der Waals surface area contributed by atoms with Gasteiger partial charge in [0, 0.05) is 30.9 Å². The maximum Gasteiger partial charge on any atom is 0.258 e. The summed E-state index contributed by atoms with van der Waals surface area (Å²) < 4.78 is 0. The summed E-state index contributed by atoms with van der Waals surface area (Å²) in [7, 11) is 0. The lowest BCUT2D eigenvalue weighted by molar-refractivity contribution is 0.168. The van der Waals surface area contributed by atoms with E-state index in [1.165, 1.54) is 32.1 Å². The Morgan fingerprint density at radius 3 is 2.71 bits per heavy atom. The summed E-state index contributed by atoms with van der Waals surface area (Å²) in [4.78, 5) is 12.0. The van der Waals surface area contributed by atoms with Crippen LogP contribution < -0.4 is 16.5 Å². The van der Waals surface area contributed by atoms with Crippen LogP contribution in [0.25, 0.3) is 0 Å². The van der Waals surface area contributed by atoms with Crippen LogP contribution in [0.4, 0.5) is 0 Å². The van der Waals surface area contributed by atoms with E-state index < -0.39 is 0 Å². The number of amidine groups is 2. The number of hydroxylamine groups is 1. The van der Waals surface area contributed by atoms with Gasteiger partial charge >= 0.3 is 0 Å². The lowest BCUT2D eigenvalue weighted by Gasteiger charge is -2.42. The minimum Gasteiger partial charge on any atom is -0.402 e. The molecule has 2 heterocycles. The Morgan fingerprint density at radius 1 is 1.36 bits per heavy atom. The van der Waals surface area contributed by atoms with Crippen molar-refractivity contribution in [1.82, 2.24) is 15.7 Å². The number of nitrogens with one attached hydrogen (secondary N) is 3. The van der Waals surface area contributed by atoms with Crippen LogP contribution in [0.3, 0.4) is 0 Å². The second-order valence-electron chi connectivity index (χ2n) is 8.37. The highest BCUT2D eigenvalue weighted by Gasteiger charge is 2.32. The number of likely N-dealkylation sites (tertiary alicyclic amines) is 1. The second kappa shape index (κ2) is 9.45. The number of nitrogens with two attached hydrogens (primary N) is 1. The third-order valence-electron chi connectivity index (χ3n) is 6.05.